The van der Waals surface area contributed by atoms with Crippen LogP contribution in [0.1, 0.15) is 25.3 Å². The van der Waals surface area contributed by atoms with Crippen LogP contribution in [0.2, 0.25) is 5.02 Å². The zero-order chi connectivity index (χ0) is 16.5. The number of ether oxygens (including phenoxy) is 2. The van der Waals surface area contributed by atoms with E-state index in [1.807, 2.05) is 24.3 Å². The lowest BCUT2D eigenvalue weighted by molar-refractivity contribution is 0.0242. The molecule has 5 nitrogen and oxygen atoms in total. The second-order valence-electron chi connectivity index (χ2n) is 5.94. The van der Waals surface area contributed by atoms with E-state index in [0.717, 1.165) is 42.5 Å². The van der Waals surface area contributed by atoms with Crippen LogP contribution in [0, 0.1) is 0 Å². The van der Waals surface area contributed by atoms with Gasteiger partial charge in [0, 0.05) is 31.8 Å². The molecule has 1 unspecified atom stereocenters. The van der Waals surface area contributed by atoms with Crippen molar-refractivity contribution in [3.05, 3.63) is 34.9 Å². The minimum absolute atomic E-state index is 0.0826. The number of aliphatic imine (C=N–C) groups is 1. The monoisotopic (exact) mass is 339 g/mol. The highest BCUT2D eigenvalue weighted by molar-refractivity contribution is 6.30. The first-order valence-corrected chi connectivity index (χ1v) is 8.40. The van der Waals surface area contributed by atoms with E-state index in [0.29, 0.717) is 19.8 Å². The van der Waals surface area contributed by atoms with Gasteiger partial charge in [-0.3, -0.25) is 4.99 Å². The average molecular weight is 340 g/mol. The highest BCUT2D eigenvalue weighted by Gasteiger charge is 2.29. The lowest BCUT2D eigenvalue weighted by Crippen LogP contribution is -2.46. The van der Waals surface area contributed by atoms with Gasteiger partial charge in [0.25, 0.3) is 0 Å². The lowest BCUT2D eigenvalue weighted by Gasteiger charge is -2.24. The van der Waals surface area contributed by atoms with Crippen LogP contribution in [0.4, 0.5) is 0 Å². The molecule has 23 heavy (non-hydrogen) atoms. The summed E-state index contributed by atoms with van der Waals surface area (Å²) < 4.78 is 11.4. The zero-order valence-electron chi connectivity index (χ0n) is 13.9. The molecule has 1 heterocycles. The summed E-state index contributed by atoms with van der Waals surface area (Å²) in [5.74, 6) is 0.771. The van der Waals surface area contributed by atoms with Crippen LogP contribution in [0.5, 0.6) is 0 Å². The second kappa shape index (κ2) is 9.11. The number of guanidine groups is 1. The van der Waals surface area contributed by atoms with Crippen LogP contribution in [-0.2, 0) is 16.1 Å². The van der Waals surface area contributed by atoms with E-state index in [1.54, 1.807) is 7.05 Å². The number of benzene rings is 1. The van der Waals surface area contributed by atoms with Crippen LogP contribution >= 0.6 is 11.6 Å². The molecule has 0 spiro atoms. The van der Waals surface area contributed by atoms with Gasteiger partial charge in [-0.1, -0.05) is 23.7 Å². The summed E-state index contributed by atoms with van der Waals surface area (Å²) in [6, 6.07) is 7.70. The third-order valence-corrected chi connectivity index (χ3v) is 4.09. The predicted octanol–water partition coefficient (Wildman–Crippen LogP) is 2.59. The van der Waals surface area contributed by atoms with Gasteiger partial charge in [-0.2, -0.15) is 0 Å². The molecule has 1 aromatic rings. The van der Waals surface area contributed by atoms with Gasteiger partial charge < -0.3 is 20.1 Å². The Morgan fingerprint density at radius 3 is 3.00 bits per heavy atom. The number of hydrogen-bond acceptors (Lipinski definition) is 3. The molecule has 0 amide bonds. The normalized spacial score (nSPS) is 21.4. The van der Waals surface area contributed by atoms with Crippen LogP contribution in [0.3, 0.4) is 0 Å². The molecule has 1 fully saturated rings. The summed E-state index contributed by atoms with van der Waals surface area (Å²) in [6.07, 6.45) is 2.21. The van der Waals surface area contributed by atoms with Crippen LogP contribution in [0.15, 0.2) is 29.3 Å². The van der Waals surface area contributed by atoms with Crippen LogP contribution in [-0.4, -0.2) is 44.9 Å². The average Bonchev–Trinajstić information content (AvgIpc) is 2.97. The number of halogens is 1. The lowest BCUT2D eigenvalue weighted by atomic mass is 10.0. The van der Waals surface area contributed by atoms with E-state index in [2.05, 4.69) is 22.5 Å². The molecule has 2 rings (SSSR count). The second-order valence-corrected chi connectivity index (χ2v) is 6.37. The summed E-state index contributed by atoms with van der Waals surface area (Å²) in [4.78, 5) is 4.21. The van der Waals surface area contributed by atoms with E-state index in [-0.39, 0.29) is 5.60 Å². The number of rotatable bonds is 7. The highest BCUT2D eigenvalue weighted by atomic mass is 35.5. The van der Waals surface area contributed by atoms with Crippen molar-refractivity contribution < 1.29 is 9.47 Å². The van der Waals surface area contributed by atoms with Gasteiger partial charge in [-0.25, -0.2) is 0 Å². The van der Waals surface area contributed by atoms with Gasteiger partial charge in [0.15, 0.2) is 5.96 Å². The molecule has 1 aliphatic rings. The van der Waals surface area contributed by atoms with Crippen molar-refractivity contribution >= 4 is 17.6 Å². The summed E-state index contributed by atoms with van der Waals surface area (Å²) in [7, 11) is 1.76. The number of nitrogens with one attached hydrogen (secondary N) is 2. The third-order valence-electron chi connectivity index (χ3n) is 3.85. The fourth-order valence-corrected chi connectivity index (χ4v) is 2.74. The van der Waals surface area contributed by atoms with Crippen molar-refractivity contribution in [2.24, 2.45) is 4.99 Å². The van der Waals surface area contributed by atoms with Crippen molar-refractivity contribution in [1.82, 2.24) is 10.6 Å². The molecule has 128 valence electrons. The van der Waals surface area contributed by atoms with Crippen LogP contribution in [0.25, 0.3) is 0 Å². The maximum Gasteiger partial charge on any atom is 0.191 e. The van der Waals surface area contributed by atoms with E-state index in [9.17, 15) is 0 Å². The van der Waals surface area contributed by atoms with Gasteiger partial charge in [0.05, 0.1) is 18.8 Å². The number of nitrogens with zero attached hydrogens (tertiary/aromatic N) is 1. The summed E-state index contributed by atoms with van der Waals surface area (Å²) in [5.41, 5.74) is 0.993. The Kier molecular flexibility index (Phi) is 7.15. The molecule has 1 aliphatic heterocycles. The maximum atomic E-state index is 5.94. The first-order chi connectivity index (χ1) is 11.1. The fourth-order valence-electron chi connectivity index (χ4n) is 2.53. The van der Waals surface area contributed by atoms with E-state index in [1.165, 1.54) is 0 Å². The zero-order valence-corrected chi connectivity index (χ0v) is 14.7. The molecule has 0 aromatic heterocycles. The van der Waals surface area contributed by atoms with Gasteiger partial charge >= 0.3 is 0 Å². The molecular weight excluding hydrogens is 314 g/mol. The summed E-state index contributed by atoms with van der Waals surface area (Å²) >= 11 is 5.94. The molecule has 0 aliphatic carbocycles. The Balaban J connectivity index is 1.60. The Labute approximate surface area is 143 Å². The fraction of sp³-hybridized carbons (Fsp3) is 0.588. The Hall–Kier alpha value is -1.30. The van der Waals surface area contributed by atoms with Gasteiger partial charge in [-0.05, 0) is 37.5 Å². The van der Waals surface area contributed by atoms with E-state index >= 15 is 0 Å². The summed E-state index contributed by atoms with van der Waals surface area (Å²) in [5, 5.41) is 7.28. The smallest absolute Gasteiger partial charge is 0.191 e. The van der Waals surface area contributed by atoms with Crippen molar-refractivity contribution in [1.29, 1.82) is 0 Å². The Morgan fingerprint density at radius 1 is 1.43 bits per heavy atom. The van der Waals surface area contributed by atoms with E-state index in [4.69, 9.17) is 21.1 Å². The largest absolute Gasteiger partial charge is 0.375 e. The Bertz CT molecular complexity index is 516. The molecule has 0 saturated carbocycles. The standard InChI is InChI=1S/C17H26ClN3O2/c1-17(7-4-9-23-17)13-21-16(19-2)20-8-10-22-12-14-5-3-6-15(18)11-14/h3,5-6,11H,4,7-10,12-13H2,1-2H3,(H2,19,20,21). The minimum atomic E-state index is -0.0826. The first-order valence-electron chi connectivity index (χ1n) is 8.02. The van der Waals surface area contributed by atoms with Gasteiger partial charge in [0.1, 0.15) is 0 Å². The summed E-state index contributed by atoms with van der Waals surface area (Å²) in [6.45, 7) is 5.59. The topological polar surface area (TPSA) is 54.9 Å². The molecular formula is C17H26ClN3O2. The predicted molar refractivity (Wildman–Crippen MR) is 94.1 cm³/mol. The first kappa shape index (κ1) is 18.0. The maximum absolute atomic E-state index is 5.94. The molecule has 1 saturated heterocycles. The molecule has 2 N–H and O–H groups in total. The molecule has 1 atom stereocenters. The molecule has 0 bridgehead atoms. The van der Waals surface area contributed by atoms with E-state index < -0.39 is 0 Å². The quantitative estimate of drug-likeness (QED) is 0.455. The van der Waals surface area contributed by atoms with Gasteiger partial charge in [0.2, 0.25) is 0 Å². The molecule has 0 radical (unpaired) electrons. The van der Waals surface area contributed by atoms with Crippen molar-refractivity contribution in [3.63, 3.8) is 0 Å². The van der Waals surface area contributed by atoms with Crippen LogP contribution < -0.4 is 10.6 Å². The van der Waals surface area contributed by atoms with Crippen molar-refractivity contribution in [2.45, 2.75) is 32.0 Å². The molecule has 6 heteroatoms. The van der Waals surface area contributed by atoms with Crippen molar-refractivity contribution in [2.75, 3.05) is 33.4 Å². The highest BCUT2D eigenvalue weighted by Crippen LogP contribution is 2.23. The number of hydrogen-bond donors (Lipinski definition) is 2. The molecule has 1 aromatic carbocycles. The van der Waals surface area contributed by atoms with Crippen molar-refractivity contribution in [3.8, 4) is 0 Å². The SMILES string of the molecule is CN=C(NCCOCc1cccc(Cl)c1)NCC1(C)CCCO1. The Morgan fingerprint density at radius 2 is 2.30 bits per heavy atom. The third kappa shape index (κ3) is 6.37. The minimum Gasteiger partial charge on any atom is -0.375 e. The van der Waals surface area contributed by atoms with Gasteiger partial charge in [-0.15, -0.1) is 0 Å².